The molecule has 1 nitrogen and oxygen atoms in total. The maximum atomic E-state index is 6.29. The van der Waals surface area contributed by atoms with E-state index in [0.717, 1.165) is 12.1 Å². The largest absolute Gasteiger partial charge is 0.285 e. The third-order valence-electron chi connectivity index (χ3n) is 4.15. The Bertz CT molecular complexity index is 559. The van der Waals surface area contributed by atoms with Crippen molar-refractivity contribution < 1.29 is 0 Å². The van der Waals surface area contributed by atoms with Crippen molar-refractivity contribution in [3.8, 4) is 0 Å². The lowest BCUT2D eigenvalue weighted by Gasteiger charge is -2.48. The fourth-order valence-corrected chi connectivity index (χ4v) is 4.10. The number of hydrogen-bond donors (Lipinski definition) is 0. The summed E-state index contributed by atoms with van der Waals surface area (Å²) in [5.74, 6) is 0.333. The van der Waals surface area contributed by atoms with Crippen LogP contribution in [0, 0.1) is 0 Å². The Morgan fingerprint density at radius 2 is 1.70 bits per heavy atom. The maximum absolute atomic E-state index is 6.29. The van der Waals surface area contributed by atoms with Gasteiger partial charge in [0.2, 0.25) is 3.79 Å². The van der Waals surface area contributed by atoms with Crippen LogP contribution in [0.3, 0.4) is 0 Å². The monoisotopic (exact) mass is 327 g/mol. The number of allylic oxidation sites excluding steroid dienone is 2. The zero-order chi connectivity index (χ0) is 14.3. The lowest BCUT2D eigenvalue weighted by Crippen LogP contribution is -2.49. The molecule has 3 atom stereocenters. The van der Waals surface area contributed by atoms with Crippen molar-refractivity contribution >= 4 is 34.8 Å². The maximum Gasteiger partial charge on any atom is 0.209 e. The average Bonchev–Trinajstić information content (AvgIpc) is 2.44. The SMILES string of the molecule is CCN1[C@H]2C=CC=C[C@@H]2c2ccccc2[C@@H]1C(Cl)(Cl)Cl. The molecule has 0 spiro atoms. The van der Waals surface area contributed by atoms with Gasteiger partial charge >= 0.3 is 0 Å². The van der Waals surface area contributed by atoms with Crippen LogP contribution in [0.4, 0.5) is 0 Å². The summed E-state index contributed by atoms with van der Waals surface area (Å²) in [7, 11) is 0. The number of nitrogens with zero attached hydrogens (tertiary/aromatic N) is 1. The van der Waals surface area contributed by atoms with Gasteiger partial charge in [-0.05, 0) is 17.7 Å². The second kappa shape index (κ2) is 5.38. The van der Waals surface area contributed by atoms with Gasteiger partial charge in [0, 0.05) is 12.0 Å². The fraction of sp³-hybridized carbons (Fsp3) is 0.375. The molecule has 0 aromatic heterocycles. The molecule has 0 saturated carbocycles. The van der Waals surface area contributed by atoms with Crippen molar-refractivity contribution in [1.82, 2.24) is 4.90 Å². The molecule has 1 aliphatic carbocycles. The summed E-state index contributed by atoms with van der Waals surface area (Å²) in [5.41, 5.74) is 2.38. The van der Waals surface area contributed by atoms with Crippen LogP contribution >= 0.6 is 34.8 Å². The molecule has 20 heavy (non-hydrogen) atoms. The molecule has 1 aromatic rings. The van der Waals surface area contributed by atoms with Gasteiger partial charge in [-0.2, -0.15) is 0 Å². The van der Waals surface area contributed by atoms with Crippen LogP contribution in [0.15, 0.2) is 48.6 Å². The van der Waals surface area contributed by atoms with Crippen LogP contribution in [-0.2, 0) is 0 Å². The Hall–Kier alpha value is -0.470. The zero-order valence-electron chi connectivity index (χ0n) is 11.1. The van der Waals surface area contributed by atoms with Gasteiger partial charge in [0.05, 0.1) is 6.04 Å². The molecule has 2 aliphatic rings. The molecule has 0 amide bonds. The molecule has 4 heteroatoms. The number of rotatable bonds is 1. The number of halogens is 3. The van der Waals surface area contributed by atoms with Crippen molar-refractivity contribution in [3.63, 3.8) is 0 Å². The molecule has 106 valence electrons. The normalized spacial score (nSPS) is 29.1. The molecular formula is C16H16Cl3N. The van der Waals surface area contributed by atoms with Gasteiger partial charge in [0.15, 0.2) is 0 Å². The molecule has 0 radical (unpaired) electrons. The molecule has 3 rings (SSSR count). The molecule has 1 aromatic carbocycles. The first-order valence-corrected chi connectivity index (χ1v) is 7.93. The second-order valence-corrected chi connectivity index (χ2v) is 7.56. The predicted octanol–water partition coefficient (Wildman–Crippen LogP) is 5.01. The van der Waals surface area contributed by atoms with Gasteiger partial charge in [-0.3, -0.25) is 4.90 Å². The van der Waals surface area contributed by atoms with Gasteiger partial charge in [-0.15, -0.1) is 0 Å². The highest BCUT2D eigenvalue weighted by molar-refractivity contribution is 6.68. The Balaban J connectivity index is 2.19. The van der Waals surface area contributed by atoms with E-state index in [-0.39, 0.29) is 12.1 Å². The van der Waals surface area contributed by atoms with E-state index in [1.165, 1.54) is 5.56 Å². The summed E-state index contributed by atoms with van der Waals surface area (Å²) in [4.78, 5) is 2.28. The summed E-state index contributed by atoms with van der Waals surface area (Å²) < 4.78 is -1.34. The highest BCUT2D eigenvalue weighted by atomic mass is 35.6. The first kappa shape index (κ1) is 14.5. The lowest BCUT2D eigenvalue weighted by atomic mass is 9.78. The number of likely N-dealkylation sites (N-methyl/N-ethyl adjacent to an activating group) is 1. The summed E-state index contributed by atoms with van der Waals surface area (Å²) in [5, 5.41) is 0. The van der Waals surface area contributed by atoms with Crippen LogP contribution in [0.1, 0.15) is 30.0 Å². The van der Waals surface area contributed by atoms with E-state index in [9.17, 15) is 0 Å². The van der Waals surface area contributed by atoms with E-state index in [4.69, 9.17) is 34.8 Å². The van der Waals surface area contributed by atoms with Gasteiger partial charge in [0.1, 0.15) is 0 Å². The Kier molecular flexibility index (Phi) is 3.89. The second-order valence-electron chi connectivity index (χ2n) is 5.19. The van der Waals surface area contributed by atoms with Crippen molar-refractivity contribution in [2.24, 2.45) is 0 Å². The van der Waals surface area contributed by atoms with Crippen molar-refractivity contribution in [2.75, 3.05) is 6.54 Å². The van der Waals surface area contributed by atoms with Crippen molar-refractivity contribution in [2.45, 2.75) is 28.7 Å². The third kappa shape index (κ3) is 2.31. The Morgan fingerprint density at radius 1 is 1.05 bits per heavy atom. The fourth-order valence-electron chi connectivity index (χ4n) is 3.37. The topological polar surface area (TPSA) is 3.24 Å². The van der Waals surface area contributed by atoms with Crippen LogP contribution in [0.5, 0.6) is 0 Å². The van der Waals surface area contributed by atoms with Gasteiger partial charge in [-0.25, -0.2) is 0 Å². The van der Waals surface area contributed by atoms with E-state index in [2.05, 4.69) is 54.3 Å². The Labute approximate surface area is 134 Å². The van der Waals surface area contributed by atoms with Gasteiger partial charge in [-0.1, -0.05) is 90.3 Å². The molecular weight excluding hydrogens is 313 g/mol. The molecule has 1 heterocycles. The van der Waals surface area contributed by atoms with Crippen LogP contribution in [0.2, 0.25) is 0 Å². The average molecular weight is 329 g/mol. The summed E-state index contributed by atoms with van der Waals surface area (Å²) >= 11 is 18.9. The molecule has 0 bridgehead atoms. The van der Waals surface area contributed by atoms with E-state index in [1.54, 1.807) is 0 Å². The standard InChI is InChI=1S/C16H16Cl3N/c1-2-20-14-10-6-5-8-12(14)11-7-3-4-9-13(11)15(20)16(17,18)19/h3-10,12,14-15H,2H2,1H3/t12-,14+,15-/m1/s1. The van der Waals surface area contributed by atoms with Crippen molar-refractivity contribution in [1.29, 1.82) is 0 Å². The predicted molar refractivity (Wildman–Crippen MR) is 86.7 cm³/mol. The number of fused-ring (bicyclic) bond motifs is 3. The highest BCUT2D eigenvalue weighted by Gasteiger charge is 2.46. The van der Waals surface area contributed by atoms with Crippen LogP contribution < -0.4 is 0 Å². The van der Waals surface area contributed by atoms with Crippen LogP contribution in [-0.4, -0.2) is 21.3 Å². The molecule has 0 unspecified atom stereocenters. The first-order valence-electron chi connectivity index (χ1n) is 6.80. The zero-order valence-corrected chi connectivity index (χ0v) is 13.4. The third-order valence-corrected chi connectivity index (χ3v) is 4.77. The van der Waals surface area contributed by atoms with Crippen LogP contribution in [0.25, 0.3) is 0 Å². The first-order chi connectivity index (χ1) is 9.54. The smallest absolute Gasteiger partial charge is 0.209 e. The quantitative estimate of drug-likeness (QED) is 0.655. The van der Waals surface area contributed by atoms with E-state index >= 15 is 0 Å². The molecule has 0 fully saturated rings. The van der Waals surface area contributed by atoms with E-state index < -0.39 is 3.79 Å². The number of hydrogen-bond acceptors (Lipinski definition) is 1. The highest BCUT2D eigenvalue weighted by Crippen LogP contribution is 2.51. The molecule has 0 N–H and O–H groups in total. The lowest BCUT2D eigenvalue weighted by molar-refractivity contribution is 0.142. The summed E-state index contributed by atoms with van der Waals surface area (Å²) in [6.45, 7) is 2.95. The summed E-state index contributed by atoms with van der Waals surface area (Å²) in [6.07, 6.45) is 8.61. The minimum absolute atomic E-state index is 0.217. The van der Waals surface area contributed by atoms with Gasteiger partial charge < -0.3 is 0 Å². The minimum atomic E-state index is -1.34. The number of benzene rings is 1. The minimum Gasteiger partial charge on any atom is -0.285 e. The Morgan fingerprint density at radius 3 is 2.35 bits per heavy atom. The van der Waals surface area contributed by atoms with Gasteiger partial charge in [0.25, 0.3) is 0 Å². The van der Waals surface area contributed by atoms with Crippen molar-refractivity contribution in [3.05, 3.63) is 59.7 Å². The number of alkyl halides is 3. The van der Waals surface area contributed by atoms with E-state index in [1.807, 2.05) is 6.07 Å². The molecule has 1 aliphatic heterocycles. The molecule has 0 saturated heterocycles. The summed E-state index contributed by atoms with van der Waals surface area (Å²) in [6, 6.07) is 8.32. The van der Waals surface area contributed by atoms with E-state index in [0.29, 0.717) is 5.92 Å².